The molecule has 0 bridgehead atoms. The summed E-state index contributed by atoms with van der Waals surface area (Å²) in [6.45, 7) is 2.03. The zero-order valence-corrected chi connectivity index (χ0v) is 13.5. The number of carbonyl (C=O) groups is 1. The van der Waals surface area contributed by atoms with Gasteiger partial charge in [0.1, 0.15) is 0 Å². The van der Waals surface area contributed by atoms with Crippen LogP contribution < -0.4 is 20.1 Å². The lowest BCUT2D eigenvalue weighted by Gasteiger charge is -2.21. The average Bonchev–Trinajstić information content (AvgIpc) is 3.24. The van der Waals surface area contributed by atoms with Crippen LogP contribution in [-0.4, -0.2) is 31.5 Å². The van der Waals surface area contributed by atoms with Crippen molar-refractivity contribution in [3.8, 4) is 11.5 Å². The van der Waals surface area contributed by atoms with Crippen molar-refractivity contribution in [1.29, 1.82) is 0 Å². The Kier molecular flexibility index (Phi) is 3.24. The highest BCUT2D eigenvalue weighted by Crippen LogP contribution is 2.39. The van der Waals surface area contributed by atoms with Crippen molar-refractivity contribution >= 4 is 23.0 Å². The number of carbonyl (C=O) groups excluding carboxylic acids is 1. The quantitative estimate of drug-likeness (QED) is 0.885. The molecule has 0 aliphatic carbocycles. The first-order valence-corrected chi connectivity index (χ1v) is 8.41. The van der Waals surface area contributed by atoms with Crippen molar-refractivity contribution in [2.45, 2.75) is 12.3 Å². The fourth-order valence-corrected chi connectivity index (χ4v) is 3.61. The van der Waals surface area contributed by atoms with Crippen LogP contribution in [0.3, 0.4) is 0 Å². The van der Waals surface area contributed by atoms with Crippen LogP contribution in [0.2, 0.25) is 0 Å². The van der Waals surface area contributed by atoms with Gasteiger partial charge in [0, 0.05) is 35.5 Å². The van der Waals surface area contributed by atoms with E-state index >= 15 is 0 Å². The van der Waals surface area contributed by atoms with Gasteiger partial charge in [-0.1, -0.05) is 0 Å². The fourth-order valence-electron chi connectivity index (χ4n) is 3.61. The molecule has 2 N–H and O–H groups in total. The maximum Gasteiger partial charge on any atom is 0.255 e. The molecule has 0 spiro atoms. The molecular formula is C19H17N3O3. The molecule has 0 saturated carbocycles. The van der Waals surface area contributed by atoms with Crippen molar-refractivity contribution < 1.29 is 14.3 Å². The van der Waals surface area contributed by atoms with Crippen LogP contribution in [0.25, 0.3) is 0 Å². The Morgan fingerprint density at radius 3 is 3.04 bits per heavy atom. The summed E-state index contributed by atoms with van der Waals surface area (Å²) in [6, 6.07) is 11.1. The van der Waals surface area contributed by atoms with Gasteiger partial charge >= 0.3 is 0 Å². The van der Waals surface area contributed by atoms with Crippen molar-refractivity contribution in [2.24, 2.45) is 4.99 Å². The number of anilines is 1. The lowest BCUT2D eigenvalue weighted by atomic mass is 9.89. The zero-order valence-electron chi connectivity index (χ0n) is 13.5. The minimum absolute atomic E-state index is 0.135. The summed E-state index contributed by atoms with van der Waals surface area (Å²) in [4.78, 5) is 17.3. The van der Waals surface area contributed by atoms with Gasteiger partial charge in [-0.3, -0.25) is 9.79 Å². The summed E-state index contributed by atoms with van der Waals surface area (Å²) in [5.74, 6) is 1.56. The molecule has 1 atom stereocenters. The molecule has 1 fully saturated rings. The molecule has 1 amide bonds. The maximum atomic E-state index is 12.6. The summed E-state index contributed by atoms with van der Waals surface area (Å²) in [5, 5.41) is 6.28. The van der Waals surface area contributed by atoms with E-state index in [1.807, 2.05) is 24.3 Å². The molecule has 2 aromatic carbocycles. The molecule has 3 aliphatic heterocycles. The largest absolute Gasteiger partial charge is 0.454 e. The van der Waals surface area contributed by atoms with Crippen LogP contribution >= 0.6 is 0 Å². The van der Waals surface area contributed by atoms with Crippen LogP contribution in [-0.2, 0) is 0 Å². The third-order valence-electron chi connectivity index (χ3n) is 4.88. The fraction of sp³-hybridized carbons (Fsp3) is 0.263. The van der Waals surface area contributed by atoms with E-state index in [9.17, 15) is 4.79 Å². The number of amides is 1. The predicted octanol–water partition coefficient (Wildman–Crippen LogP) is 2.83. The third-order valence-corrected chi connectivity index (χ3v) is 4.88. The van der Waals surface area contributed by atoms with Gasteiger partial charge in [-0.05, 0) is 48.9 Å². The molecule has 6 heteroatoms. The number of aliphatic imine (C=N–C) groups is 1. The second-order valence-electron chi connectivity index (χ2n) is 6.42. The maximum absolute atomic E-state index is 12.6. The predicted molar refractivity (Wildman–Crippen MR) is 94.3 cm³/mol. The van der Waals surface area contributed by atoms with Crippen molar-refractivity contribution in [1.82, 2.24) is 5.32 Å². The molecule has 6 nitrogen and oxygen atoms in total. The number of fused-ring (bicyclic) bond motifs is 4. The lowest BCUT2D eigenvalue weighted by Crippen LogP contribution is -2.34. The van der Waals surface area contributed by atoms with Crippen LogP contribution in [0.15, 0.2) is 41.4 Å². The Balaban J connectivity index is 1.39. The summed E-state index contributed by atoms with van der Waals surface area (Å²) in [6.07, 6.45) is 1.03. The molecule has 3 heterocycles. The smallest absolute Gasteiger partial charge is 0.255 e. The topological polar surface area (TPSA) is 72.0 Å². The van der Waals surface area contributed by atoms with E-state index in [4.69, 9.17) is 9.47 Å². The van der Waals surface area contributed by atoms with E-state index in [-0.39, 0.29) is 12.7 Å². The Labute approximate surface area is 144 Å². The van der Waals surface area contributed by atoms with Gasteiger partial charge in [-0.15, -0.1) is 0 Å². The first-order chi connectivity index (χ1) is 12.3. The van der Waals surface area contributed by atoms with Gasteiger partial charge in [0.25, 0.3) is 5.91 Å². The van der Waals surface area contributed by atoms with E-state index in [2.05, 4.69) is 15.6 Å². The number of piperidine rings is 1. The Morgan fingerprint density at radius 1 is 1.16 bits per heavy atom. The minimum atomic E-state index is -0.135. The Bertz CT molecular complexity index is 907. The van der Waals surface area contributed by atoms with E-state index in [0.29, 0.717) is 28.7 Å². The number of nitrogens with one attached hydrogen (secondary N) is 2. The highest BCUT2D eigenvalue weighted by Gasteiger charge is 2.29. The summed E-state index contributed by atoms with van der Waals surface area (Å²) in [7, 11) is 0. The van der Waals surface area contributed by atoms with Crippen molar-refractivity contribution in [3.05, 3.63) is 47.5 Å². The second kappa shape index (κ2) is 5.60. The summed E-state index contributed by atoms with van der Waals surface area (Å²) < 4.78 is 10.6. The molecule has 126 valence electrons. The van der Waals surface area contributed by atoms with E-state index in [1.54, 1.807) is 12.1 Å². The monoisotopic (exact) mass is 335 g/mol. The normalized spacial score (nSPS) is 19.8. The SMILES string of the molecule is O=C(Nc1ccc2c(c1)OCO2)c1ccc2c(c1)C1CCNCC1=N2. The van der Waals surface area contributed by atoms with E-state index in [0.717, 1.165) is 30.8 Å². The molecule has 1 saturated heterocycles. The standard InChI is InChI=1S/C19H17N3O3/c23-19(21-12-2-4-17-18(8-12)25-10-24-17)11-1-3-15-14(7-11)13-5-6-20-9-16(13)22-15/h1-4,7-8,13,20H,5-6,9-10H2,(H,21,23). The first kappa shape index (κ1) is 14.5. The number of hydrogen-bond donors (Lipinski definition) is 2. The molecule has 1 unspecified atom stereocenters. The first-order valence-electron chi connectivity index (χ1n) is 8.41. The molecular weight excluding hydrogens is 318 g/mol. The number of rotatable bonds is 2. The van der Waals surface area contributed by atoms with Gasteiger partial charge in [0.2, 0.25) is 6.79 Å². The number of benzene rings is 2. The molecule has 25 heavy (non-hydrogen) atoms. The van der Waals surface area contributed by atoms with Crippen LogP contribution in [0.1, 0.15) is 28.3 Å². The Morgan fingerprint density at radius 2 is 2.08 bits per heavy atom. The summed E-state index contributed by atoms with van der Waals surface area (Å²) >= 11 is 0. The van der Waals surface area contributed by atoms with Crippen LogP contribution in [0.4, 0.5) is 11.4 Å². The average molecular weight is 335 g/mol. The van der Waals surface area contributed by atoms with Gasteiger partial charge < -0.3 is 20.1 Å². The zero-order chi connectivity index (χ0) is 16.8. The minimum Gasteiger partial charge on any atom is -0.454 e. The number of nitrogens with zero attached hydrogens (tertiary/aromatic N) is 1. The highest BCUT2D eigenvalue weighted by atomic mass is 16.7. The second-order valence-corrected chi connectivity index (χ2v) is 6.42. The highest BCUT2D eigenvalue weighted by molar-refractivity contribution is 6.06. The number of ether oxygens (including phenoxy) is 2. The van der Waals surface area contributed by atoms with Gasteiger partial charge in [-0.2, -0.15) is 0 Å². The lowest BCUT2D eigenvalue weighted by molar-refractivity contribution is 0.102. The van der Waals surface area contributed by atoms with E-state index in [1.165, 1.54) is 5.71 Å². The molecule has 0 radical (unpaired) electrons. The van der Waals surface area contributed by atoms with Gasteiger partial charge in [0.05, 0.1) is 5.69 Å². The summed E-state index contributed by atoms with van der Waals surface area (Å²) in [5.41, 5.74) is 4.66. The van der Waals surface area contributed by atoms with Crippen molar-refractivity contribution in [2.75, 3.05) is 25.2 Å². The molecule has 3 aliphatic rings. The molecule has 0 aromatic heterocycles. The van der Waals surface area contributed by atoms with Crippen LogP contribution in [0.5, 0.6) is 11.5 Å². The van der Waals surface area contributed by atoms with Crippen LogP contribution in [0, 0.1) is 0 Å². The molecule has 5 rings (SSSR count). The van der Waals surface area contributed by atoms with Gasteiger partial charge in [0.15, 0.2) is 11.5 Å². The van der Waals surface area contributed by atoms with E-state index < -0.39 is 0 Å². The third kappa shape index (κ3) is 2.46. The Hall–Kier alpha value is -2.86. The van der Waals surface area contributed by atoms with Gasteiger partial charge in [-0.25, -0.2) is 0 Å². The van der Waals surface area contributed by atoms with Crippen molar-refractivity contribution in [3.63, 3.8) is 0 Å². The molecule has 2 aromatic rings. The number of hydrogen-bond acceptors (Lipinski definition) is 5.